The summed E-state index contributed by atoms with van der Waals surface area (Å²) in [5.74, 6) is 0.669. The number of aryl methyl sites for hydroxylation is 1. The fraction of sp³-hybridized carbons (Fsp3) is 0.533. The minimum atomic E-state index is 0.447. The van der Waals surface area contributed by atoms with Crippen LogP contribution in [0.4, 0.5) is 5.69 Å². The molecule has 0 aromatic heterocycles. The number of para-hydroxylation sites is 1. The number of benzene rings is 1. The first kappa shape index (κ1) is 13.6. The molecule has 0 N–H and O–H groups in total. The van der Waals surface area contributed by atoms with Gasteiger partial charge in [-0.15, -0.1) is 0 Å². The molecule has 1 aromatic carbocycles. The second kappa shape index (κ2) is 5.72. The second-order valence-electron chi connectivity index (χ2n) is 5.17. The molecule has 0 heterocycles. The van der Waals surface area contributed by atoms with Crippen molar-refractivity contribution in [3.8, 4) is 6.07 Å². The van der Waals surface area contributed by atoms with Gasteiger partial charge in [-0.3, -0.25) is 0 Å². The smallest absolute Gasteiger partial charge is 0.101 e. The number of nitriles is 1. The van der Waals surface area contributed by atoms with E-state index >= 15 is 0 Å². The topological polar surface area (TPSA) is 27.0 Å². The lowest BCUT2D eigenvalue weighted by molar-refractivity contribution is 0.503. The lowest BCUT2D eigenvalue weighted by Crippen LogP contribution is -2.31. The van der Waals surface area contributed by atoms with Crippen LogP contribution in [0.3, 0.4) is 0 Å². The zero-order chi connectivity index (χ0) is 13.0. The van der Waals surface area contributed by atoms with E-state index in [4.69, 9.17) is 0 Å². The van der Waals surface area contributed by atoms with Crippen molar-refractivity contribution >= 4 is 5.69 Å². The fourth-order valence-corrected chi connectivity index (χ4v) is 2.28. The fourth-order valence-electron chi connectivity index (χ4n) is 2.28. The Morgan fingerprint density at radius 3 is 2.47 bits per heavy atom. The Balaban J connectivity index is 3.03. The average Bonchev–Trinajstić information content (AvgIpc) is 2.26. The van der Waals surface area contributed by atoms with E-state index in [9.17, 15) is 5.26 Å². The van der Waals surface area contributed by atoms with Gasteiger partial charge < -0.3 is 4.90 Å². The van der Waals surface area contributed by atoms with Gasteiger partial charge in [0.1, 0.15) is 6.07 Å². The summed E-state index contributed by atoms with van der Waals surface area (Å²) in [6.07, 6.45) is 1.13. The highest BCUT2D eigenvalue weighted by Crippen LogP contribution is 2.26. The summed E-state index contributed by atoms with van der Waals surface area (Å²) in [4.78, 5) is 2.23. The summed E-state index contributed by atoms with van der Waals surface area (Å²) >= 11 is 0. The van der Waals surface area contributed by atoms with Gasteiger partial charge in [-0.1, -0.05) is 26.0 Å². The Hall–Kier alpha value is -1.49. The molecule has 17 heavy (non-hydrogen) atoms. The van der Waals surface area contributed by atoms with E-state index in [1.807, 2.05) is 12.1 Å². The molecule has 0 fully saturated rings. The Morgan fingerprint density at radius 1 is 1.29 bits per heavy atom. The number of anilines is 1. The summed E-state index contributed by atoms with van der Waals surface area (Å²) in [5.41, 5.74) is 3.01. The first-order valence-corrected chi connectivity index (χ1v) is 6.20. The molecule has 1 aromatic rings. The van der Waals surface area contributed by atoms with Crippen LogP contribution in [-0.2, 0) is 0 Å². The van der Waals surface area contributed by atoms with Crippen LogP contribution in [0.5, 0.6) is 0 Å². The van der Waals surface area contributed by atoms with Crippen molar-refractivity contribution in [3.05, 3.63) is 29.3 Å². The van der Waals surface area contributed by atoms with Crippen LogP contribution in [0.25, 0.3) is 0 Å². The maximum absolute atomic E-state index is 9.18. The van der Waals surface area contributed by atoms with Crippen LogP contribution in [0.15, 0.2) is 18.2 Å². The maximum Gasteiger partial charge on any atom is 0.101 e. The highest BCUT2D eigenvalue weighted by Gasteiger charge is 2.16. The normalized spacial score (nSPS) is 12.3. The molecule has 92 valence electrons. The molecule has 2 heteroatoms. The first-order valence-electron chi connectivity index (χ1n) is 6.20. The molecule has 0 amide bonds. The van der Waals surface area contributed by atoms with E-state index in [0.717, 1.165) is 17.7 Å². The molecule has 0 aliphatic carbocycles. The SMILES string of the molecule is Cc1cccc(C#N)c1N(C)C(C)CC(C)C. The zero-order valence-corrected chi connectivity index (χ0v) is 11.5. The van der Waals surface area contributed by atoms with Crippen LogP contribution in [-0.4, -0.2) is 13.1 Å². The quantitative estimate of drug-likeness (QED) is 0.788. The van der Waals surface area contributed by atoms with Gasteiger partial charge >= 0.3 is 0 Å². The van der Waals surface area contributed by atoms with E-state index in [0.29, 0.717) is 12.0 Å². The van der Waals surface area contributed by atoms with Gasteiger partial charge in [-0.05, 0) is 37.8 Å². The molecule has 1 atom stereocenters. The Morgan fingerprint density at radius 2 is 1.94 bits per heavy atom. The molecule has 1 unspecified atom stereocenters. The van der Waals surface area contributed by atoms with Crippen LogP contribution >= 0.6 is 0 Å². The minimum absolute atomic E-state index is 0.447. The standard InChI is InChI=1S/C15H22N2/c1-11(2)9-13(4)17(5)15-12(3)7-6-8-14(15)10-16/h6-8,11,13H,9H2,1-5H3. The molecule has 2 nitrogen and oxygen atoms in total. The maximum atomic E-state index is 9.18. The highest BCUT2D eigenvalue weighted by atomic mass is 15.1. The summed E-state index contributed by atoms with van der Waals surface area (Å²) in [5, 5.41) is 9.18. The molecule has 1 rings (SSSR count). The predicted octanol–water partition coefficient (Wildman–Crippen LogP) is 3.74. The summed E-state index contributed by atoms with van der Waals surface area (Å²) in [7, 11) is 2.08. The van der Waals surface area contributed by atoms with Gasteiger partial charge in [0.2, 0.25) is 0 Å². The van der Waals surface area contributed by atoms with Crippen LogP contribution in [0.1, 0.15) is 38.3 Å². The summed E-state index contributed by atoms with van der Waals surface area (Å²) in [6.45, 7) is 8.74. The molecule has 0 spiro atoms. The van der Waals surface area contributed by atoms with E-state index in [1.54, 1.807) is 0 Å². The lowest BCUT2D eigenvalue weighted by atomic mass is 10.0. The summed E-state index contributed by atoms with van der Waals surface area (Å²) in [6, 6.07) is 8.63. The van der Waals surface area contributed by atoms with Crippen molar-refractivity contribution in [3.63, 3.8) is 0 Å². The second-order valence-corrected chi connectivity index (χ2v) is 5.17. The highest BCUT2D eigenvalue weighted by molar-refractivity contribution is 5.64. The molecule has 0 radical (unpaired) electrons. The molecule has 0 saturated carbocycles. The predicted molar refractivity (Wildman–Crippen MR) is 73.2 cm³/mol. The monoisotopic (exact) mass is 230 g/mol. The minimum Gasteiger partial charge on any atom is -0.371 e. The third-order valence-corrected chi connectivity index (χ3v) is 3.18. The van der Waals surface area contributed by atoms with Gasteiger partial charge in [0, 0.05) is 13.1 Å². The number of rotatable bonds is 4. The van der Waals surface area contributed by atoms with Crippen molar-refractivity contribution in [1.29, 1.82) is 5.26 Å². The van der Waals surface area contributed by atoms with E-state index in [2.05, 4.69) is 51.8 Å². The van der Waals surface area contributed by atoms with Crippen molar-refractivity contribution in [2.24, 2.45) is 5.92 Å². The Labute approximate surface area is 105 Å². The largest absolute Gasteiger partial charge is 0.371 e. The Kier molecular flexibility index (Phi) is 4.57. The van der Waals surface area contributed by atoms with Crippen molar-refractivity contribution in [2.45, 2.75) is 40.2 Å². The van der Waals surface area contributed by atoms with Crippen LogP contribution in [0, 0.1) is 24.2 Å². The van der Waals surface area contributed by atoms with Crippen LogP contribution in [0.2, 0.25) is 0 Å². The average molecular weight is 230 g/mol. The number of nitrogens with zero attached hydrogens (tertiary/aromatic N) is 2. The van der Waals surface area contributed by atoms with Gasteiger partial charge in [-0.2, -0.15) is 5.26 Å². The number of hydrogen-bond acceptors (Lipinski definition) is 2. The van der Waals surface area contributed by atoms with Gasteiger partial charge in [0.15, 0.2) is 0 Å². The number of hydrogen-bond donors (Lipinski definition) is 0. The van der Waals surface area contributed by atoms with E-state index in [1.165, 1.54) is 5.56 Å². The van der Waals surface area contributed by atoms with Crippen molar-refractivity contribution in [1.82, 2.24) is 0 Å². The third-order valence-electron chi connectivity index (χ3n) is 3.18. The summed E-state index contributed by atoms with van der Waals surface area (Å²) < 4.78 is 0. The van der Waals surface area contributed by atoms with Gasteiger partial charge in [0.05, 0.1) is 11.3 Å². The van der Waals surface area contributed by atoms with Crippen molar-refractivity contribution in [2.75, 3.05) is 11.9 Å². The molecule has 0 saturated heterocycles. The van der Waals surface area contributed by atoms with E-state index < -0.39 is 0 Å². The molecular weight excluding hydrogens is 208 g/mol. The third kappa shape index (κ3) is 3.23. The molecule has 0 bridgehead atoms. The van der Waals surface area contributed by atoms with Crippen molar-refractivity contribution < 1.29 is 0 Å². The lowest BCUT2D eigenvalue weighted by Gasteiger charge is -2.30. The Bertz CT molecular complexity index is 415. The first-order chi connectivity index (χ1) is 7.97. The molecule has 0 aliphatic rings. The van der Waals surface area contributed by atoms with Gasteiger partial charge in [0.25, 0.3) is 0 Å². The zero-order valence-electron chi connectivity index (χ0n) is 11.5. The van der Waals surface area contributed by atoms with E-state index in [-0.39, 0.29) is 0 Å². The van der Waals surface area contributed by atoms with Crippen LogP contribution < -0.4 is 4.90 Å². The molecular formula is C15H22N2. The van der Waals surface area contributed by atoms with Gasteiger partial charge in [-0.25, -0.2) is 0 Å². The molecule has 0 aliphatic heterocycles.